The summed E-state index contributed by atoms with van der Waals surface area (Å²) in [6, 6.07) is 4.39. The summed E-state index contributed by atoms with van der Waals surface area (Å²) in [7, 11) is 1.99. The van der Waals surface area contributed by atoms with Crippen molar-refractivity contribution in [3.05, 3.63) is 47.1 Å². The molecule has 2 nitrogen and oxygen atoms in total. The molecule has 0 aromatic carbocycles. The van der Waals surface area contributed by atoms with E-state index in [-0.39, 0.29) is 0 Å². The fraction of sp³-hybridized carbons (Fsp3) is 0.267. The van der Waals surface area contributed by atoms with E-state index in [1.165, 1.54) is 21.6 Å². The van der Waals surface area contributed by atoms with E-state index < -0.39 is 0 Å². The van der Waals surface area contributed by atoms with E-state index >= 15 is 0 Å². The van der Waals surface area contributed by atoms with Crippen LogP contribution in [0.3, 0.4) is 0 Å². The molecule has 0 unspecified atom stereocenters. The lowest BCUT2D eigenvalue weighted by atomic mass is 10.1. The molecular formula is C15H18N2S. The Morgan fingerprint density at radius 2 is 2.06 bits per heavy atom. The minimum absolute atomic E-state index is 0.972. The van der Waals surface area contributed by atoms with E-state index in [9.17, 15) is 0 Å². The summed E-state index contributed by atoms with van der Waals surface area (Å²) >= 11 is 1.76. The largest absolute Gasteiger partial charge is 0.334 e. The smallest absolute Gasteiger partial charge is 0.135 e. The quantitative estimate of drug-likeness (QED) is 0.811. The second kappa shape index (κ2) is 4.94. The van der Waals surface area contributed by atoms with E-state index in [1.807, 2.05) is 25.1 Å². The maximum absolute atomic E-state index is 4.56. The van der Waals surface area contributed by atoms with Gasteiger partial charge in [-0.3, -0.25) is 0 Å². The first kappa shape index (κ1) is 12.8. The fourth-order valence-electron chi connectivity index (χ4n) is 1.82. The number of aryl methyl sites for hydroxylation is 2. The van der Waals surface area contributed by atoms with Crippen molar-refractivity contribution < 1.29 is 0 Å². The predicted molar refractivity (Wildman–Crippen MR) is 80.2 cm³/mol. The highest BCUT2D eigenvalue weighted by Crippen LogP contribution is 2.29. The van der Waals surface area contributed by atoms with Gasteiger partial charge < -0.3 is 4.90 Å². The van der Waals surface area contributed by atoms with Gasteiger partial charge in [-0.15, -0.1) is 11.3 Å². The monoisotopic (exact) mass is 258 g/mol. The average molecular weight is 258 g/mol. The third-order valence-corrected chi connectivity index (χ3v) is 4.05. The van der Waals surface area contributed by atoms with Crippen LogP contribution in [0.15, 0.2) is 36.0 Å². The zero-order valence-electron chi connectivity index (χ0n) is 11.3. The second-order valence-corrected chi connectivity index (χ2v) is 5.56. The molecule has 3 heteroatoms. The molecule has 0 N–H and O–H groups in total. The SMILES string of the molecule is C=C(C)N(C)c1ncc(-c2cc(C)cs2)cc1C. The minimum atomic E-state index is 0.972. The molecule has 0 fully saturated rings. The first-order valence-electron chi connectivity index (χ1n) is 5.90. The van der Waals surface area contributed by atoms with Crippen molar-refractivity contribution in [2.75, 3.05) is 11.9 Å². The molecule has 0 bridgehead atoms. The zero-order chi connectivity index (χ0) is 13.3. The fourth-order valence-corrected chi connectivity index (χ4v) is 2.70. The highest BCUT2D eigenvalue weighted by atomic mass is 32.1. The summed E-state index contributed by atoms with van der Waals surface area (Å²) in [5, 5.41) is 2.17. The van der Waals surface area contributed by atoms with Gasteiger partial charge in [0.05, 0.1) is 0 Å². The molecule has 2 aromatic heterocycles. The Labute approximate surface area is 113 Å². The first-order chi connectivity index (χ1) is 8.49. The molecule has 0 atom stereocenters. The normalized spacial score (nSPS) is 10.4. The summed E-state index contributed by atoms with van der Waals surface area (Å²) in [4.78, 5) is 7.84. The molecule has 0 spiro atoms. The van der Waals surface area contributed by atoms with Crippen LogP contribution in [0, 0.1) is 13.8 Å². The second-order valence-electron chi connectivity index (χ2n) is 4.65. The topological polar surface area (TPSA) is 16.1 Å². The van der Waals surface area contributed by atoms with Crippen molar-refractivity contribution in [1.29, 1.82) is 0 Å². The Bertz CT molecular complexity index is 584. The van der Waals surface area contributed by atoms with Gasteiger partial charge in [0, 0.05) is 29.4 Å². The summed E-state index contributed by atoms with van der Waals surface area (Å²) in [5.41, 5.74) is 4.65. The number of pyridine rings is 1. The van der Waals surface area contributed by atoms with E-state index in [0.29, 0.717) is 0 Å². The molecule has 94 valence electrons. The van der Waals surface area contributed by atoms with Crippen LogP contribution in [-0.2, 0) is 0 Å². The van der Waals surface area contributed by atoms with E-state index in [1.54, 1.807) is 11.3 Å². The number of nitrogens with zero attached hydrogens (tertiary/aromatic N) is 2. The van der Waals surface area contributed by atoms with E-state index in [2.05, 4.69) is 42.9 Å². The number of hydrogen-bond donors (Lipinski definition) is 0. The van der Waals surface area contributed by atoms with Crippen LogP contribution >= 0.6 is 11.3 Å². The number of allylic oxidation sites excluding steroid dienone is 1. The van der Waals surface area contributed by atoms with Gasteiger partial charge in [-0.25, -0.2) is 4.98 Å². The molecule has 0 aliphatic carbocycles. The molecule has 0 aliphatic rings. The molecule has 0 radical (unpaired) electrons. The summed E-state index contributed by atoms with van der Waals surface area (Å²) < 4.78 is 0. The Hall–Kier alpha value is -1.61. The molecule has 2 heterocycles. The third-order valence-electron chi connectivity index (χ3n) is 2.96. The van der Waals surface area contributed by atoms with Crippen molar-refractivity contribution >= 4 is 17.2 Å². The van der Waals surface area contributed by atoms with Gasteiger partial charge >= 0.3 is 0 Å². The van der Waals surface area contributed by atoms with Crippen LogP contribution in [-0.4, -0.2) is 12.0 Å². The van der Waals surface area contributed by atoms with Crippen LogP contribution in [0.25, 0.3) is 10.4 Å². The van der Waals surface area contributed by atoms with Gasteiger partial charge in [0.25, 0.3) is 0 Å². The number of thiophene rings is 1. The standard InChI is InChI=1S/C15H18N2S/c1-10(2)17(5)15-12(4)7-13(8-16-15)14-6-11(3)9-18-14/h6-9H,1H2,2-5H3. The van der Waals surface area contributed by atoms with Crippen molar-refractivity contribution in [2.24, 2.45) is 0 Å². The predicted octanol–water partition coefficient (Wildman–Crippen LogP) is 4.40. The number of rotatable bonds is 3. The molecule has 18 heavy (non-hydrogen) atoms. The zero-order valence-corrected chi connectivity index (χ0v) is 12.1. The Morgan fingerprint density at radius 3 is 2.56 bits per heavy atom. The average Bonchev–Trinajstić information content (AvgIpc) is 2.74. The van der Waals surface area contributed by atoms with Crippen LogP contribution < -0.4 is 4.90 Å². The number of hydrogen-bond acceptors (Lipinski definition) is 3. The summed E-state index contributed by atoms with van der Waals surface area (Å²) in [6.07, 6.45) is 1.94. The molecule has 2 aromatic rings. The Morgan fingerprint density at radius 1 is 1.33 bits per heavy atom. The Kier molecular flexibility index (Phi) is 3.53. The lowest BCUT2D eigenvalue weighted by molar-refractivity contribution is 1.03. The highest BCUT2D eigenvalue weighted by Gasteiger charge is 2.09. The van der Waals surface area contributed by atoms with Gasteiger partial charge in [-0.1, -0.05) is 6.58 Å². The Balaban J connectivity index is 2.39. The van der Waals surface area contributed by atoms with Crippen molar-refractivity contribution in [3.63, 3.8) is 0 Å². The molecule has 0 amide bonds. The summed E-state index contributed by atoms with van der Waals surface area (Å²) in [6.45, 7) is 10.1. The third kappa shape index (κ3) is 2.46. The van der Waals surface area contributed by atoms with Crippen molar-refractivity contribution in [2.45, 2.75) is 20.8 Å². The number of aromatic nitrogens is 1. The van der Waals surface area contributed by atoms with Crippen LogP contribution in [0.2, 0.25) is 0 Å². The van der Waals surface area contributed by atoms with Crippen LogP contribution in [0.5, 0.6) is 0 Å². The number of anilines is 1. The lowest BCUT2D eigenvalue weighted by Crippen LogP contribution is -2.15. The molecular weight excluding hydrogens is 240 g/mol. The summed E-state index contributed by atoms with van der Waals surface area (Å²) in [5.74, 6) is 0.972. The van der Waals surface area contributed by atoms with Gasteiger partial charge in [0.15, 0.2) is 0 Å². The first-order valence-corrected chi connectivity index (χ1v) is 6.78. The van der Waals surface area contributed by atoms with Gasteiger partial charge in [0.2, 0.25) is 0 Å². The highest BCUT2D eigenvalue weighted by molar-refractivity contribution is 7.13. The molecule has 2 rings (SSSR count). The van der Waals surface area contributed by atoms with Crippen molar-refractivity contribution in [1.82, 2.24) is 4.98 Å². The van der Waals surface area contributed by atoms with Gasteiger partial charge in [-0.05, 0) is 49.4 Å². The van der Waals surface area contributed by atoms with Gasteiger partial charge in [0.1, 0.15) is 5.82 Å². The van der Waals surface area contributed by atoms with Crippen LogP contribution in [0.4, 0.5) is 5.82 Å². The van der Waals surface area contributed by atoms with Crippen LogP contribution in [0.1, 0.15) is 18.1 Å². The molecule has 0 saturated carbocycles. The van der Waals surface area contributed by atoms with Gasteiger partial charge in [-0.2, -0.15) is 0 Å². The maximum Gasteiger partial charge on any atom is 0.135 e. The lowest BCUT2D eigenvalue weighted by Gasteiger charge is -2.20. The van der Waals surface area contributed by atoms with Crippen molar-refractivity contribution in [3.8, 4) is 10.4 Å². The maximum atomic E-state index is 4.56. The molecule has 0 saturated heterocycles. The van der Waals surface area contributed by atoms with E-state index in [4.69, 9.17) is 0 Å². The minimum Gasteiger partial charge on any atom is -0.334 e. The van der Waals surface area contributed by atoms with E-state index in [0.717, 1.165) is 11.5 Å². The molecule has 0 aliphatic heterocycles.